The van der Waals surface area contributed by atoms with Crippen LogP contribution in [-0.4, -0.2) is 42.1 Å². The Morgan fingerprint density at radius 1 is 1.17 bits per heavy atom. The van der Waals surface area contributed by atoms with Gasteiger partial charge in [-0.3, -0.25) is 9.59 Å². The number of carboxylic acid groups (broad SMARTS) is 1. The number of benzene rings is 2. The minimum Gasteiger partial charge on any atom is -0.497 e. The van der Waals surface area contributed by atoms with Crippen LogP contribution >= 0.6 is 0 Å². The summed E-state index contributed by atoms with van der Waals surface area (Å²) >= 11 is 0. The van der Waals surface area contributed by atoms with Crippen molar-refractivity contribution < 1.29 is 19.4 Å². The molecule has 0 aliphatic rings. The van der Waals surface area contributed by atoms with Gasteiger partial charge < -0.3 is 14.7 Å². The van der Waals surface area contributed by atoms with E-state index >= 15 is 0 Å². The van der Waals surface area contributed by atoms with Gasteiger partial charge in [-0.15, -0.1) is 0 Å². The van der Waals surface area contributed by atoms with Gasteiger partial charge in [0.25, 0.3) is 0 Å². The molecule has 0 aromatic heterocycles. The molecule has 1 amide bonds. The molecule has 2 aromatic rings. The number of hydrogen-bond donors (Lipinski definition) is 1. The van der Waals surface area contributed by atoms with Crippen LogP contribution in [-0.2, 0) is 9.59 Å². The molecular formula is C18H21NO4. The summed E-state index contributed by atoms with van der Waals surface area (Å²) in [5, 5.41) is 11.0. The van der Waals surface area contributed by atoms with E-state index in [-0.39, 0.29) is 18.4 Å². The zero-order chi connectivity index (χ0) is 17.0. The monoisotopic (exact) mass is 315 g/mol. The van der Waals surface area contributed by atoms with Crippen LogP contribution < -0.4 is 4.74 Å². The maximum atomic E-state index is 12.5. The van der Waals surface area contributed by atoms with Crippen LogP contribution in [0.2, 0.25) is 0 Å². The second kappa shape index (κ2) is 7.13. The predicted octanol–water partition coefficient (Wildman–Crippen LogP) is 2.89. The van der Waals surface area contributed by atoms with Crippen molar-refractivity contribution in [2.45, 2.75) is 19.8 Å². The van der Waals surface area contributed by atoms with E-state index < -0.39 is 5.97 Å². The summed E-state index contributed by atoms with van der Waals surface area (Å²) in [6.45, 7) is 3.68. The third kappa shape index (κ3) is 3.80. The van der Waals surface area contributed by atoms with Gasteiger partial charge in [-0.05, 0) is 42.3 Å². The maximum Gasteiger partial charge on any atom is 0.323 e. The normalized spacial score (nSPS) is 12.0. The Labute approximate surface area is 135 Å². The molecule has 122 valence electrons. The van der Waals surface area contributed by atoms with E-state index in [0.717, 1.165) is 22.1 Å². The van der Waals surface area contributed by atoms with Crippen LogP contribution in [0.1, 0.15) is 25.3 Å². The average molecular weight is 315 g/mol. The van der Waals surface area contributed by atoms with Gasteiger partial charge in [-0.25, -0.2) is 0 Å². The Kier molecular flexibility index (Phi) is 5.21. The van der Waals surface area contributed by atoms with Gasteiger partial charge in [-0.1, -0.05) is 24.3 Å². The molecule has 2 rings (SSSR count). The van der Waals surface area contributed by atoms with Gasteiger partial charge in [0.1, 0.15) is 12.3 Å². The van der Waals surface area contributed by atoms with E-state index in [2.05, 4.69) is 0 Å². The molecule has 0 saturated carbocycles. The minimum absolute atomic E-state index is 0.178. The van der Waals surface area contributed by atoms with Crippen molar-refractivity contribution in [2.24, 2.45) is 0 Å². The second-order valence-electron chi connectivity index (χ2n) is 5.44. The van der Waals surface area contributed by atoms with Gasteiger partial charge >= 0.3 is 5.97 Å². The Balaban J connectivity index is 2.27. The zero-order valence-electron chi connectivity index (χ0n) is 13.6. The van der Waals surface area contributed by atoms with Crippen LogP contribution in [0.3, 0.4) is 0 Å². The molecule has 0 unspecified atom stereocenters. The largest absolute Gasteiger partial charge is 0.497 e. The third-order valence-electron chi connectivity index (χ3n) is 3.96. The number of carboxylic acids is 1. The van der Waals surface area contributed by atoms with Crippen LogP contribution in [0.5, 0.6) is 5.75 Å². The topological polar surface area (TPSA) is 66.8 Å². The molecule has 0 spiro atoms. The zero-order valence-corrected chi connectivity index (χ0v) is 13.6. The van der Waals surface area contributed by atoms with E-state index in [0.29, 0.717) is 6.54 Å². The number of amides is 1. The summed E-state index contributed by atoms with van der Waals surface area (Å²) in [4.78, 5) is 24.7. The molecule has 5 heteroatoms. The molecule has 0 bridgehead atoms. The van der Waals surface area contributed by atoms with Crippen LogP contribution in [0.15, 0.2) is 36.4 Å². The van der Waals surface area contributed by atoms with E-state index in [9.17, 15) is 9.59 Å². The lowest BCUT2D eigenvalue weighted by Crippen LogP contribution is -2.38. The molecule has 0 heterocycles. The lowest BCUT2D eigenvalue weighted by molar-refractivity contribution is -0.144. The van der Waals surface area contributed by atoms with Crippen molar-refractivity contribution in [1.29, 1.82) is 0 Å². The number of aliphatic carboxylic acids is 1. The molecule has 2 aromatic carbocycles. The van der Waals surface area contributed by atoms with E-state index in [1.807, 2.05) is 36.4 Å². The fourth-order valence-corrected chi connectivity index (χ4v) is 2.56. The van der Waals surface area contributed by atoms with E-state index in [1.54, 1.807) is 21.0 Å². The molecule has 1 atom stereocenters. The Morgan fingerprint density at radius 2 is 1.83 bits per heavy atom. The van der Waals surface area contributed by atoms with Crippen molar-refractivity contribution in [3.63, 3.8) is 0 Å². The first-order valence-corrected chi connectivity index (χ1v) is 7.54. The molecular weight excluding hydrogens is 294 g/mol. The van der Waals surface area contributed by atoms with Crippen molar-refractivity contribution in [1.82, 2.24) is 4.90 Å². The predicted molar refractivity (Wildman–Crippen MR) is 88.8 cm³/mol. The fraction of sp³-hybridized carbons (Fsp3) is 0.333. The van der Waals surface area contributed by atoms with Crippen LogP contribution in [0, 0.1) is 0 Å². The number of methoxy groups -OCH3 is 1. The first-order chi connectivity index (χ1) is 11.0. The van der Waals surface area contributed by atoms with E-state index in [4.69, 9.17) is 9.84 Å². The van der Waals surface area contributed by atoms with Crippen molar-refractivity contribution >= 4 is 22.6 Å². The fourth-order valence-electron chi connectivity index (χ4n) is 2.56. The lowest BCUT2D eigenvalue weighted by atomic mass is 9.96. The number of fused-ring (bicyclic) bond motifs is 1. The highest BCUT2D eigenvalue weighted by atomic mass is 16.5. The first-order valence-electron chi connectivity index (χ1n) is 7.54. The summed E-state index contributed by atoms with van der Waals surface area (Å²) in [5.41, 5.74) is 0.872. The van der Waals surface area contributed by atoms with Gasteiger partial charge in [0.2, 0.25) is 5.91 Å². The van der Waals surface area contributed by atoms with Gasteiger partial charge in [-0.2, -0.15) is 0 Å². The first kappa shape index (κ1) is 16.8. The van der Waals surface area contributed by atoms with Crippen LogP contribution in [0.25, 0.3) is 10.8 Å². The molecule has 0 radical (unpaired) electrons. The number of rotatable bonds is 6. The molecule has 0 aliphatic carbocycles. The van der Waals surface area contributed by atoms with Gasteiger partial charge in [0.05, 0.1) is 13.0 Å². The quantitative estimate of drug-likeness (QED) is 0.890. The highest BCUT2D eigenvalue weighted by molar-refractivity contribution is 5.89. The molecule has 1 N–H and O–H groups in total. The number of ether oxygens (including phenoxy) is 1. The Morgan fingerprint density at radius 3 is 2.43 bits per heavy atom. The molecule has 23 heavy (non-hydrogen) atoms. The summed E-state index contributed by atoms with van der Waals surface area (Å²) in [5.74, 6) is -0.783. The van der Waals surface area contributed by atoms with Crippen molar-refractivity contribution in [2.75, 3.05) is 20.2 Å². The Hall–Kier alpha value is -2.56. The maximum absolute atomic E-state index is 12.5. The summed E-state index contributed by atoms with van der Waals surface area (Å²) in [7, 11) is 1.62. The third-order valence-corrected chi connectivity index (χ3v) is 3.96. The number of hydrogen-bond acceptors (Lipinski definition) is 3. The summed E-state index contributed by atoms with van der Waals surface area (Å²) in [6.07, 6.45) is 0. The lowest BCUT2D eigenvalue weighted by Gasteiger charge is -2.23. The minimum atomic E-state index is -1.00. The molecule has 0 fully saturated rings. The molecule has 5 nitrogen and oxygen atoms in total. The number of likely N-dealkylation sites (N-methyl/N-ethyl adjacent to an activating group) is 1. The summed E-state index contributed by atoms with van der Waals surface area (Å²) in [6, 6.07) is 11.6. The van der Waals surface area contributed by atoms with Crippen molar-refractivity contribution in [3.05, 3.63) is 42.0 Å². The number of carbonyl (C=O) groups excluding carboxylic acids is 1. The highest BCUT2D eigenvalue weighted by Crippen LogP contribution is 2.26. The number of carbonyl (C=O) groups is 2. The number of nitrogens with zero attached hydrogens (tertiary/aromatic N) is 1. The van der Waals surface area contributed by atoms with Crippen molar-refractivity contribution in [3.8, 4) is 5.75 Å². The van der Waals surface area contributed by atoms with Gasteiger partial charge in [0.15, 0.2) is 0 Å². The SMILES string of the molecule is CCN(CC(=O)O)C(=O)[C@@H](C)c1ccc2cc(OC)ccc2c1. The standard InChI is InChI=1S/C18H21NO4/c1-4-19(11-17(20)21)18(22)12(2)13-5-6-15-10-16(23-3)8-7-14(15)9-13/h5-10,12H,4,11H2,1-3H3,(H,20,21)/t12-/m0/s1. The second-order valence-corrected chi connectivity index (χ2v) is 5.44. The Bertz CT molecular complexity index is 726. The molecule has 0 aliphatic heterocycles. The van der Waals surface area contributed by atoms with E-state index in [1.165, 1.54) is 4.90 Å². The average Bonchev–Trinajstić information content (AvgIpc) is 2.57. The van der Waals surface area contributed by atoms with Gasteiger partial charge in [0, 0.05) is 6.54 Å². The van der Waals surface area contributed by atoms with Crippen LogP contribution in [0.4, 0.5) is 0 Å². The summed E-state index contributed by atoms with van der Waals surface area (Å²) < 4.78 is 5.20. The smallest absolute Gasteiger partial charge is 0.323 e. The highest BCUT2D eigenvalue weighted by Gasteiger charge is 2.22. The molecule has 0 saturated heterocycles.